The zero-order valence-corrected chi connectivity index (χ0v) is 7.08. The first kappa shape index (κ1) is 7.56. The first-order valence-corrected chi connectivity index (χ1v) is 4.63. The van der Waals surface area contributed by atoms with Crippen LogP contribution in [-0.4, -0.2) is 19.0 Å². The first-order valence-electron chi connectivity index (χ1n) is 4.63. The molecule has 11 heavy (non-hydrogen) atoms. The largest absolute Gasteiger partial charge is 0.353 e. The minimum atomic E-state index is 0.124. The summed E-state index contributed by atoms with van der Waals surface area (Å²) in [7, 11) is 0. The second-order valence-corrected chi connectivity index (χ2v) is 3.68. The summed E-state index contributed by atoms with van der Waals surface area (Å²) >= 11 is 0. The lowest BCUT2D eigenvalue weighted by Crippen LogP contribution is -2.23. The Balaban J connectivity index is 1.68. The SMILES string of the molecule is CC1CC1OC1CCCCO1. The van der Waals surface area contributed by atoms with Gasteiger partial charge in [0.1, 0.15) is 0 Å². The molecule has 0 N–H and O–H groups in total. The Bertz CT molecular complexity index is 130. The van der Waals surface area contributed by atoms with Gasteiger partial charge in [-0.15, -0.1) is 0 Å². The summed E-state index contributed by atoms with van der Waals surface area (Å²) in [4.78, 5) is 0. The van der Waals surface area contributed by atoms with E-state index in [0.717, 1.165) is 18.9 Å². The maximum absolute atomic E-state index is 5.69. The normalized spacial score (nSPS) is 43.9. The van der Waals surface area contributed by atoms with Crippen molar-refractivity contribution in [1.29, 1.82) is 0 Å². The molecular weight excluding hydrogens is 140 g/mol. The third-order valence-corrected chi connectivity index (χ3v) is 2.50. The van der Waals surface area contributed by atoms with Crippen LogP contribution < -0.4 is 0 Å². The third kappa shape index (κ3) is 1.94. The van der Waals surface area contributed by atoms with Gasteiger partial charge >= 0.3 is 0 Å². The van der Waals surface area contributed by atoms with Crippen LogP contribution in [0.3, 0.4) is 0 Å². The Morgan fingerprint density at radius 2 is 2.18 bits per heavy atom. The molecular formula is C9H16O2. The molecule has 1 saturated carbocycles. The van der Waals surface area contributed by atoms with E-state index in [4.69, 9.17) is 9.47 Å². The van der Waals surface area contributed by atoms with Gasteiger partial charge in [-0.3, -0.25) is 0 Å². The molecule has 0 aromatic heterocycles. The maximum Gasteiger partial charge on any atom is 0.157 e. The minimum Gasteiger partial charge on any atom is -0.353 e. The topological polar surface area (TPSA) is 18.5 Å². The van der Waals surface area contributed by atoms with E-state index in [9.17, 15) is 0 Å². The van der Waals surface area contributed by atoms with Crippen LogP contribution in [0, 0.1) is 5.92 Å². The Morgan fingerprint density at radius 3 is 2.73 bits per heavy atom. The maximum atomic E-state index is 5.69. The first-order chi connectivity index (χ1) is 5.36. The van der Waals surface area contributed by atoms with E-state index in [1.54, 1.807) is 0 Å². The Labute approximate surface area is 67.9 Å². The summed E-state index contributed by atoms with van der Waals surface area (Å²) in [5.41, 5.74) is 0. The van der Waals surface area contributed by atoms with Crippen molar-refractivity contribution in [2.75, 3.05) is 6.61 Å². The fraction of sp³-hybridized carbons (Fsp3) is 1.00. The lowest BCUT2D eigenvalue weighted by molar-refractivity contribution is -0.170. The summed E-state index contributed by atoms with van der Waals surface area (Å²) < 4.78 is 11.1. The fourth-order valence-electron chi connectivity index (χ4n) is 1.49. The van der Waals surface area contributed by atoms with Gasteiger partial charge in [-0.25, -0.2) is 0 Å². The summed E-state index contributed by atoms with van der Waals surface area (Å²) in [6.07, 6.45) is 5.45. The predicted molar refractivity (Wildman–Crippen MR) is 42.2 cm³/mol. The average Bonchev–Trinajstić information content (AvgIpc) is 2.69. The molecule has 0 amide bonds. The Kier molecular flexibility index (Phi) is 2.14. The van der Waals surface area contributed by atoms with Crippen molar-refractivity contribution in [1.82, 2.24) is 0 Å². The predicted octanol–water partition coefficient (Wildman–Crippen LogP) is 1.94. The minimum absolute atomic E-state index is 0.124. The van der Waals surface area contributed by atoms with Crippen LogP contribution in [0.5, 0.6) is 0 Å². The second kappa shape index (κ2) is 3.11. The molecule has 3 unspecified atom stereocenters. The van der Waals surface area contributed by atoms with E-state index in [2.05, 4.69) is 6.92 Å². The van der Waals surface area contributed by atoms with Gasteiger partial charge in [0.25, 0.3) is 0 Å². The Hall–Kier alpha value is -0.0800. The van der Waals surface area contributed by atoms with Gasteiger partial charge in [-0.05, 0) is 31.6 Å². The Morgan fingerprint density at radius 1 is 1.36 bits per heavy atom. The van der Waals surface area contributed by atoms with Crippen molar-refractivity contribution >= 4 is 0 Å². The number of rotatable bonds is 2. The van der Waals surface area contributed by atoms with Crippen LogP contribution >= 0.6 is 0 Å². The molecule has 2 fully saturated rings. The molecule has 1 saturated heterocycles. The van der Waals surface area contributed by atoms with Crippen LogP contribution in [0.15, 0.2) is 0 Å². The van der Waals surface area contributed by atoms with Crippen LogP contribution in [0.2, 0.25) is 0 Å². The number of hydrogen-bond acceptors (Lipinski definition) is 2. The van der Waals surface area contributed by atoms with Crippen LogP contribution in [0.1, 0.15) is 32.6 Å². The van der Waals surface area contributed by atoms with Gasteiger partial charge < -0.3 is 9.47 Å². The summed E-state index contributed by atoms with van der Waals surface area (Å²) in [5, 5.41) is 0. The van der Waals surface area contributed by atoms with Crippen LogP contribution in [-0.2, 0) is 9.47 Å². The van der Waals surface area contributed by atoms with Gasteiger partial charge in [0.05, 0.1) is 6.10 Å². The van der Waals surface area contributed by atoms with Crippen molar-refractivity contribution in [3.63, 3.8) is 0 Å². The highest BCUT2D eigenvalue weighted by molar-refractivity contribution is 4.84. The molecule has 1 aliphatic heterocycles. The molecule has 1 aliphatic carbocycles. The lowest BCUT2D eigenvalue weighted by atomic mass is 10.2. The van der Waals surface area contributed by atoms with Gasteiger partial charge in [-0.2, -0.15) is 0 Å². The summed E-state index contributed by atoms with van der Waals surface area (Å²) in [6.45, 7) is 3.12. The van der Waals surface area contributed by atoms with E-state index in [-0.39, 0.29) is 6.29 Å². The van der Waals surface area contributed by atoms with Gasteiger partial charge in [0.2, 0.25) is 0 Å². The van der Waals surface area contributed by atoms with Crippen molar-refractivity contribution in [2.45, 2.75) is 45.0 Å². The second-order valence-electron chi connectivity index (χ2n) is 3.68. The zero-order valence-electron chi connectivity index (χ0n) is 7.08. The van der Waals surface area contributed by atoms with Crippen LogP contribution in [0.4, 0.5) is 0 Å². The molecule has 2 heteroatoms. The molecule has 0 aromatic rings. The van der Waals surface area contributed by atoms with E-state index in [0.29, 0.717) is 6.10 Å². The van der Waals surface area contributed by atoms with Gasteiger partial charge in [0, 0.05) is 6.61 Å². The molecule has 2 aliphatic rings. The zero-order chi connectivity index (χ0) is 7.68. The van der Waals surface area contributed by atoms with E-state index in [1.807, 2.05) is 0 Å². The highest BCUT2D eigenvalue weighted by Crippen LogP contribution is 2.35. The lowest BCUT2D eigenvalue weighted by Gasteiger charge is -2.22. The van der Waals surface area contributed by atoms with E-state index in [1.165, 1.54) is 19.3 Å². The van der Waals surface area contributed by atoms with Gasteiger partial charge in [-0.1, -0.05) is 6.92 Å². The standard InChI is InChI=1S/C9H16O2/c1-7-6-8(7)11-9-4-2-3-5-10-9/h7-9H,2-6H2,1H3. The monoisotopic (exact) mass is 156 g/mol. The summed E-state index contributed by atoms with van der Waals surface area (Å²) in [5.74, 6) is 0.778. The highest BCUT2D eigenvalue weighted by Gasteiger charge is 2.36. The molecule has 2 rings (SSSR count). The molecule has 3 atom stereocenters. The van der Waals surface area contributed by atoms with Crippen molar-refractivity contribution in [2.24, 2.45) is 5.92 Å². The average molecular weight is 156 g/mol. The molecule has 64 valence electrons. The molecule has 0 bridgehead atoms. The molecule has 0 spiro atoms. The fourth-order valence-corrected chi connectivity index (χ4v) is 1.49. The number of hydrogen-bond donors (Lipinski definition) is 0. The van der Waals surface area contributed by atoms with Crippen molar-refractivity contribution in [3.05, 3.63) is 0 Å². The third-order valence-electron chi connectivity index (χ3n) is 2.50. The van der Waals surface area contributed by atoms with Crippen LogP contribution in [0.25, 0.3) is 0 Å². The smallest absolute Gasteiger partial charge is 0.157 e. The number of ether oxygens (including phenoxy) is 2. The van der Waals surface area contributed by atoms with Gasteiger partial charge in [0.15, 0.2) is 6.29 Å². The van der Waals surface area contributed by atoms with Crippen molar-refractivity contribution < 1.29 is 9.47 Å². The van der Waals surface area contributed by atoms with E-state index < -0.39 is 0 Å². The van der Waals surface area contributed by atoms with E-state index >= 15 is 0 Å². The molecule has 0 aromatic carbocycles. The van der Waals surface area contributed by atoms with Crippen molar-refractivity contribution in [3.8, 4) is 0 Å². The summed E-state index contributed by atoms with van der Waals surface area (Å²) in [6, 6.07) is 0. The molecule has 2 nitrogen and oxygen atoms in total. The highest BCUT2D eigenvalue weighted by atomic mass is 16.7. The quantitative estimate of drug-likeness (QED) is 0.608. The molecule has 1 heterocycles. The molecule has 0 radical (unpaired) electrons.